The van der Waals surface area contributed by atoms with Crippen molar-refractivity contribution in [3.05, 3.63) is 35.5 Å². The van der Waals surface area contributed by atoms with E-state index in [1.54, 1.807) is 32.2 Å². The van der Waals surface area contributed by atoms with Crippen LogP contribution in [0.4, 0.5) is 0 Å². The van der Waals surface area contributed by atoms with Crippen molar-refractivity contribution in [1.82, 2.24) is 15.5 Å². The summed E-state index contributed by atoms with van der Waals surface area (Å²) >= 11 is 0. The second-order valence-corrected chi connectivity index (χ2v) is 5.39. The zero-order chi connectivity index (χ0) is 17.0. The zero-order valence-corrected chi connectivity index (χ0v) is 13.9. The molecule has 23 heavy (non-hydrogen) atoms. The van der Waals surface area contributed by atoms with Crippen LogP contribution in [-0.4, -0.2) is 30.3 Å². The van der Waals surface area contributed by atoms with Gasteiger partial charge in [-0.3, -0.25) is 4.79 Å². The van der Waals surface area contributed by atoms with Crippen LogP contribution in [0.1, 0.15) is 54.9 Å². The molecule has 0 fully saturated rings. The lowest BCUT2D eigenvalue weighted by molar-refractivity contribution is 0.0930. The molecule has 0 radical (unpaired) electrons. The Morgan fingerprint density at radius 2 is 1.83 bits per heavy atom. The molecule has 2 aromatic rings. The van der Waals surface area contributed by atoms with Crippen LogP contribution in [0, 0.1) is 0 Å². The summed E-state index contributed by atoms with van der Waals surface area (Å²) < 4.78 is 15.9. The lowest BCUT2D eigenvalue weighted by atomic mass is 10.1. The summed E-state index contributed by atoms with van der Waals surface area (Å²) in [6.07, 6.45) is 0. The van der Waals surface area contributed by atoms with E-state index in [0.29, 0.717) is 28.8 Å². The Morgan fingerprint density at radius 3 is 2.39 bits per heavy atom. The van der Waals surface area contributed by atoms with Crippen molar-refractivity contribution in [3.63, 3.8) is 0 Å². The lowest BCUT2D eigenvalue weighted by Gasteiger charge is -2.13. The summed E-state index contributed by atoms with van der Waals surface area (Å²) in [6, 6.07) is 4.59. The van der Waals surface area contributed by atoms with Gasteiger partial charge in [0.05, 0.1) is 19.8 Å². The fraction of sp³-hybridized carbons (Fsp3) is 0.438. The molecule has 0 aliphatic rings. The van der Waals surface area contributed by atoms with E-state index in [4.69, 9.17) is 13.9 Å². The SMILES string of the molecule is COc1ccc(C(=O)N[C@H](C)c2nnc(C(C)C)o2)c(OC)c1. The van der Waals surface area contributed by atoms with Gasteiger partial charge in [-0.25, -0.2) is 0 Å². The van der Waals surface area contributed by atoms with Crippen molar-refractivity contribution in [1.29, 1.82) is 0 Å². The van der Waals surface area contributed by atoms with Gasteiger partial charge in [-0.2, -0.15) is 0 Å². The van der Waals surface area contributed by atoms with E-state index in [1.165, 1.54) is 7.11 Å². The number of amides is 1. The second kappa shape index (κ2) is 7.13. The molecule has 7 nitrogen and oxygen atoms in total. The van der Waals surface area contributed by atoms with Crippen molar-refractivity contribution in [2.24, 2.45) is 0 Å². The number of rotatable bonds is 6. The number of aromatic nitrogens is 2. The Hall–Kier alpha value is -2.57. The molecule has 1 heterocycles. The van der Waals surface area contributed by atoms with Gasteiger partial charge in [0.2, 0.25) is 11.8 Å². The maximum atomic E-state index is 12.4. The topological polar surface area (TPSA) is 86.5 Å². The number of hydrogen-bond donors (Lipinski definition) is 1. The highest BCUT2D eigenvalue weighted by molar-refractivity contribution is 5.97. The standard InChI is InChI=1S/C16H21N3O4/c1-9(2)15-18-19-16(23-15)10(3)17-14(20)12-7-6-11(21-4)8-13(12)22-5/h6-10H,1-5H3,(H,17,20)/t10-/m1/s1. The Labute approximate surface area is 135 Å². The van der Waals surface area contributed by atoms with Gasteiger partial charge >= 0.3 is 0 Å². The monoisotopic (exact) mass is 319 g/mol. The van der Waals surface area contributed by atoms with E-state index >= 15 is 0 Å². The van der Waals surface area contributed by atoms with Crippen LogP contribution in [0.15, 0.2) is 22.6 Å². The van der Waals surface area contributed by atoms with Gasteiger partial charge in [-0.1, -0.05) is 13.8 Å². The highest BCUT2D eigenvalue weighted by atomic mass is 16.5. The molecule has 0 aliphatic heterocycles. The molecule has 0 saturated carbocycles. The van der Waals surface area contributed by atoms with E-state index in [1.807, 2.05) is 13.8 Å². The van der Waals surface area contributed by atoms with Crippen LogP contribution in [0.3, 0.4) is 0 Å². The summed E-state index contributed by atoms with van der Waals surface area (Å²) in [5.74, 6) is 1.81. The number of benzene rings is 1. The van der Waals surface area contributed by atoms with Gasteiger partial charge in [0.25, 0.3) is 5.91 Å². The number of ether oxygens (including phenoxy) is 2. The summed E-state index contributed by atoms with van der Waals surface area (Å²) in [5.41, 5.74) is 0.406. The minimum Gasteiger partial charge on any atom is -0.497 e. The Morgan fingerprint density at radius 1 is 1.13 bits per heavy atom. The number of methoxy groups -OCH3 is 2. The van der Waals surface area contributed by atoms with E-state index in [0.717, 1.165) is 0 Å². The van der Waals surface area contributed by atoms with Gasteiger partial charge in [-0.05, 0) is 19.1 Å². The van der Waals surface area contributed by atoms with Crippen molar-refractivity contribution in [3.8, 4) is 11.5 Å². The average Bonchev–Trinajstić information content (AvgIpc) is 3.04. The molecular formula is C16H21N3O4. The minimum absolute atomic E-state index is 0.140. The summed E-state index contributed by atoms with van der Waals surface area (Å²) in [5, 5.41) is 10.8. The van der Waals surface area contributed by atoms with Crippen LogP contribution < -0.4 is 14.8 Å². The smallest absolute Gasteiger partial charge is 0.255 e. The lowest BCUT2D eigenvalue weighted by Crippen LogP contribution is -2.27. The molecule has 1 N–H and O–H groups in total. The molecule has 0 saturated heterocycles. The quantitative estimate of drug-likeness (QED) is 0.881. The van der Waals surface area contributed by atoms with Gasteiger partial charge < -0.3 is 19.2 Å². The molecule has 0 aliphatic carbocycles. The molecule has 1 atom stereocenters. The van der Waals surface area contributed by atoms with Gasteiger partial charge in [-0.15, -0.1) is 10.2 Å². The highest BCUT2D eigenvalue weighted by Crippen LogP contribution is 2.25. The average molecular weight is 319 g/mol. The summed E-state index contributed by atoms with van der Waals surface area (Å²) in [6.45, 7) is 5.71. The zero-order valence-electron chi connectivity index (χ0n) is 13.9. The molecule has 1 aromatic carbocycles. The fourth-order valence-electron chi connectivity index (χ4n) is 1.98. The van der Waals surface area contributed by atoms with Crippen LogP contribution in [-0.2, 0) is 0 Å². The predicted molar refractivity (Wildman–Crippen MR) is 83.8 cm³/mol. The predicted octanol–water partition coefficient (Wildman–Crippen LogP) is 2.70. The first-order chi connectivity index (χ1) is 11.0. The Kier molecular flexibility index (Phi) is 5.20. The molecule has 2 rings (SSSR count). The summed E-state index contributed by atoms with van der Waals surface area (Å²) in [4.78, 5) is 12.4. The number of carbonyl (C=O) groups is 1. The third-order valence-electron chi connectivity index (χ3n) is 3.32. The van der Waals surface area contributed by atoms with Crippen LogP contribution in [0.25, 0.3) is 0 Å². The third kappa shape index (κ3) is 3.80. The van der Waals surface area contributed by atoms with Crippen LogP contribution in [0.2, 0.25) is 0 Å². The number of carbonyl (C=O) groups excluding carboxylic acids is 1. The van der Waals surface area contributed by atoms with Crippen LogP contribution >= 0.6 is 0 Å². The van der Waals surface area contributed by atoms with Gasteiger partial charge in [0, 0.05) is 12.0 Å². The van der Waals surface area contributed by atoms with Crippen LogP contribution in [0.5, 0.6) is 11.5 Å². The molecule has 124 valence electrons. The maximum Gasteiger partial charge on any atom is 0.255 e. The van der Waals surface area contributed by atoms with E-state index in [2.05, 4.69) is 15.5 Å². The highest BCUT2D eigenvalue weighted by Gasteiger charge is 2.20. The summed E-state index contributed by atoms with van der Waals surface area (Å²) in [7, 11) is 3.06. The first kappa shape index (κ1) is 16.8. The van der Waals surface area contributed by atoms with E-state index in [-0.39, 0.29) is 11.8 Å². The molecule has 0 spiro atoms. The first-order valence-corrected chi connectivity index (χ1v) is 7.32. The Bertz CT molecular complexity index is 682. The molecular weight excluding hydrogens is 298 g/mol. The Balaban J connectivity index is 2.14. The number of nitrogens with zero attached hydrogens (tertiary/aromatic N) is 2. The molecule has 0 unspecified atom stereocenters. The third-order valence-corrected chi connectivity index (χ3v) is 3.32. The van der Waals surface area contributed by atoms with Crippen molar-refractivity contribution >= 4 is 5.91 Å². The van der Waals surface area contributed by atoms with E-state index < -0.39 is 6.04 Å². The van der Waals surface area contributed by atoms with Gasteiger partial charge in [0.15, 0.2) is 0 Å². The number of hydrogen-bond acceptors (Lipinski definition) is 6. The van der Waals surface area contributed by atoms with Crippen molar-refractivity contribution in [2.75, 3.05) is 14.2 Å². The second-order valence-electron chi connectivity index (χ2n) is 5.39. The van der Waals surface area contributed by atoms with E-state index in [9.17, 15) is 4.79 Å². The largest absolute Gasteiger partial charge is 0.497 e. The molecule has 7 heteroatoms. The van der Waals surface area contributed by atoms with Crippen molar-refractivity contribution < 1.29 is 18.7 Å². The fourth-order valence-corrected chi connectivity index (χ4v) is 1.98. The van der Waals surface area contributed by atoms with Gasteiger partial charge in [0.1, 0.15) is 17.5 Å². The molecule has 0 bridgehead atoms. The maximum absolute atomic E-state index is 12.4. The number of nitrogens with one attached hydrogen (secondary N) is 1. The molecule has 1 amide bonds. The minimum atomic E-state index is -0.408. The first-order valence-electron chi connectivity index (χ1n) is 7.32. The normalized spacial score (nSPS) is 12.1. The van der Waals surface area contributed by atoms with Crippen molar-refractivity contribution in [2.45, 2.75) is 32.7 Å². The molecule has 1 aromatic heterocycles.